The van der Waals surface area contributed by atoms with Gasteiger partial charge in [-0.05, 0) is 42.8 Å². The van der Waals surface area contributed by atoms with Crippen molar-refractivity contribution in [2.24, 2.45) is 0 Å². The van der Waals surface area contributed by atoms with E-state index in [1.165, 1.54) is 7.11 Å². The van der Waals surface area contributed by atoms with Gasteiger partial charge in [-0.3, -0.25) is 9.59 Å². The summed E-state index contributed by atoms with van der Waals surface area (Å²) in [6.07, 6.45) is 0. The van der Waals surface area contributed by atoms with Crippen LogP contribution < -0.4 is 10.6 Å². The number of methoxy groups -OCH3 is 1. The zero-order valence-electron chi connectivity index (χ0n) is 15.9. The molecular formula is C21H16Cl2N2O4S. The average Bonchev–Trinajstić information content (AvgIpc) is 3.03. The SMILES string of the molecule is COC(=O)c1c(NC(=O)c2ccccc2Cl)sc(C(=O)Nc2cccc(Cl)c2)c1C. The first-order valence-corrected chi connectivity index (χ1v) is 10.2. The lowest BCUT2D eigenvalue weighted by molar-refractivity contribution is 0.0601. The van der Waals surface area contributed by atoms with Gasteiger partial charge in [-0.2, -0.15) is 0 Å². The number of rotatable bonds is 5. The molecule has 0 saturated carbocycles. The third-order valence-electron chi connectivity index (χ3n) is 4.17. The van der Waals surface area contributed by atoms with Crippen LogP contribution in [0.3, 0.4) is 0 Å². The number of hydrogen-bond acceptors (Lipinski definition) is 5. The lowest BCUT2D eigenvalue weighted by Crippen LogP contribution is -2.14. The third-order valence-corrected chi connectivity index (χ3v) is 5.94. The molecule has 0 spiro atoms. The number of anilines is 2. The number of thiophene rings is 1. The Kier molecular flexibility index (Phi) is 6.77. The van der Waals surface area contributed by atoms with Crippen LogP contribution in [0.4, 0.5) is 10.7 Å². The van der Waals surface area contributed by atoms with Crippen LogP contribution in [0.25, 0.3) is 0 Å². The van der Waals surface area contributed by atoms with Gasteiger partial charge in [0.2, 0.25) is 0 Å². The van der Waals surface area contributed by atoms with Crippen molar-refractivity contribution < 1.29 is 19.1 Å². The number of ether oxygens (including phenoxy) is 1. The van der Waals surface area contributed by atoms with Crippen molar-refractivity contribution in [1.29, 1.82) is 0 Å². The van der Waals surface area contributed by atoms with Gasteiger partial charge in [0, 0.05) is 10.7 Å². The average molecular weight is 463 g/mol. The molecule has 0 bridgehead atoms. The molecule has 2 amide bonds. The molecule has 0 unspecified atom stereocenters. The third kappa shape index (κ3) is 4.64. The van der Waals surface area contributed by atoms with Gasteiger partial charge in [0.05, 0.1) is 28.1 Å². The molecule has 0 atom stereocenters. The summed E-state index contributed by atoms with van der Waals surface area (Å²) < 4.78 is 4.84. The van der Waals surface area contributed by atoms with Gasteiger partial charge < -0.3 is 15.4 Å². The molecule has 3 rings (SSSR count). The summed E-state index contributed by atoms with van der Waals surface area (Å²) in [7, 11) is 1.23. The molecule has 2 aromatic carbocycles. The number of esters is 1. The van der Waals surface area contributed by atoms with Crippen LogP contribution in [0.5, 0.6) is 0 Å². The normalized spacial score (nSPS) is 10.4. The van der Waals surface area contributed by atoms with E-state index in [1.54, 1.807) is 55.5 Å². The number of nitrogens with one attached hydrogen (secondary N) is 2. The van der Waals surface area contributed by atoms with E-state index in [1.807, 2.05) is 0 Å². The van der Waals surface area contributed by atoms with Crippen LogP contribution in [-0.4, -0.2) is 24.9 Å². The number of hydrogen-bond donors (Lipinski definition) is 2. The van der Waals surface area contributed by atoms with Crippen molar-refractivity contribution in [1.82, 2.24) is 0 Å². The van der Waals surface area contributed by atoms with E-state index in [2.05, 4.69) is 10.6 Å². The molecule has 3 aromatic rings. The Balaban J connectivity index is 1.95. The van der Waals surface area contributed by atoms with Crippen molar-refractivity contribution in [3.63, 3.8) is 0 Å². The van der Waals surface area contributed by atoms with Gasteiger partial charge in [0.1, 0.15) is 5.00 Å². The molecule has 0 aliphatic rings. The van der Waals surface area contributed by atoms with Gasteiger partial charge in [-0.25, -0.2) is 4.79 Å². The second kappa shape index (κ2) is 9.30. The summed E-state index contributed by atoms with van der Waals surface area (Å²) in [5.41, 5.74) is 1.24. The van der Waals surface area contributed by atoms with Crippen LogP contribution in [-0.2, 0) is 4.74 Å². The largest absolute Gasteiger partial charge is 0.465 e. The predicted octanol–water partition coefficient (Wildman–Crippen LogP) is 5.65. The lowest BCUT2D eigenvalue weighted by atomic mass is 10.1. The summed E-state index contributed by atoms with van der Waals surface area (Å²) in [6.45, 7) is 1.61. The van der Waals surface area contributed by atoms with E-state index in [0.717, 1.165) is 11.3 Å². The highest BCUT2D eigenvalue weighted by atomic mass is 35.5. The highest BCUT2D eigenvalue weighted by molar-refractivity contribution is 7.19. The van der Waals surface area contributed by atoms with E-state index < -0.39 is 17.8 Å². The first kappa shape index (κ1) is 21.8. The maximum absolute atomic E-state index is 12.8. The minimum atomic E-state index is -0.667. The van der Waals surface area contributed by atoms with Crippen molar-refractivity contribution in [2.45, 2.75) is 6.92 Å². The molecule has 0 saturated heterocycles. The topological polar surface area (TPSA) is 84.5 Å². The standard InChI is InChI=1S/C21H16Cl2N2O4S/c1-11-16(21(28)29-2)20(25-18(26)14-8-3-4-9-15(14)23)30-17(11)19(27)24-13-7-5-6-12(22)10-13/h3-10H,1-2H3,(H,24,27)(H,25,26). The molecule has 30 heavy (non-hydrogen) atoms. The van der Waals surface area contributed by atoms with Gasteiger partial charge >= 0.3 is 5.97 Å². The molecule has 0 fully saturated rings. The monoisotopic (exact) mass is 462 g/mol. The molecule has 154 valence electrons. The number of halogens is 2. The second-order valence-electron chi connectivity index (χ2n) is 6.15. The molecule has 6 nitrogen and oxygen atoms in total. The maximum atomic E-state index is 12.8. The zero-order valence-corrected chi connectivity index (χ0v) is 18.2. The first-order valence-electron chi connectivity index (χ1n) is 8.66. The highest BCUT2D eigenvalue weighted by Crippen LogP contribution is 2.35. The van der Waals surface area contributed by atoms with Gasteiger partial charge in [0.25, 0.3) is 11.8 Å². The van der Waals surface area contributed by atoms with Gasteiger partial charge in [-0.15, -0.1) is 11.3 Å². The minimum absolute atomic E-state index is 0.110. The zero-order chi connectivity index (χ0) is 21.8. The Bertz CT molecular complexity index is 1140. The molecule has 0 radical (unpaired) electrons. The van der Waals surface area contributed by atoms with Crippen LogP contribution in [0, 0.1) is 6.92 Å². The molecule has 0 aliphatic carbocycles. The summed E-state index contributed by atoms with van der Waals surface area (Å²) in [6, 6.07) is 13.2. The van der Waals surface area contributed by atoms with E-state index in [-0.39, 0.29) is 26.0 Å². The molecule has 0 aliphatic heterocycles. The Morgan fingerprint density at radius 1 is 0.967 bits per heavy atom. The first-order chi connectivity index (χ1) is 14.3. The molecule has 2 N–H and O–H groups in total. The van der Waals surface area contributed by atoms with Gasteiger partial charge in [-0.1, -0.05) is 41.4 Å². The highest BCUT2D eigenvalue weighted by Gasteiger charge is 2.27. The fraction of sp³-hybridized carbons (Fsp3) is 0.0952. The summed E-state index contributed by atoms with van der Waals surface area (Å²) in [5, 5.41) is 6.33. The van der Waals surface area contributed by atoms with Crippen LogP contribution in [0.15, 0.2) is 48.5 Å². The Morgan fingerprint density at radius 2 is 1.70 bits per heavy atom. The van der Waals surface area contributed by atoms with E-state index >= 15 is 0 Å². The summed E-state index contributed by atoms with van der Waals surface area (Å²) in [5.74, 6) is -1.61. The van der Waals surface area contributed by atoms with Crippen LogP contribution in [0.2, 0.25) is 10.0 Å². The molecule has 1 aromatic heterocycles. The quantitative estimate of drug-likeness (QED) is 0.479. The predicted molar refractivity (Wildman–Crippen MR) is 119 cm³/mol. The number of benzene rings is 2. The molecule has 9 heteroatoms. The number of carbonyl (C=O) groups is 3. The van der Waals surface area contributed by atoms with Crippen molar-refractivity contribution in [2.75, 3.05) is 17.7 Å². The molecular weight excluding hydrogens is 447 g/mol. The van der Waals surface area contributed by atoms with Crippen LogP contribution in [0.1, 0.15) is 36.0 Å². The Labute approximate surface area is 186 Å². The Hall–Kier alpha value is -2.87. The summed E-state index contributed by atoms with van der Waals surface area (Å²) in [4.78, 5) is 38.1. The van der Waals surface area contributed by atoms with E-state index in [9.17, 15) is 14.4 Å². The summed E-state index contributed by atoms with van der Waals surface area (Å²) >= 11 is 13.0. The second-order valence-corrected chi connectivity index (χ2v) is 8.01. The fourth-order valence-corrected chi connectivity index (χ4v) is 4.23. The lowest BCUT2D eigenvalue weighted by Gasteiger charge is -2.07. The molecule has 1 heterocycles. The van der Waals surface area contributed by atoms with Crippen molar-refractivity contribution in [3.05, 3.63) is 80.1 Å². The number of carbonyl (C=O) groups excluding carboxylic acids is 3. The Morgan fingerprint density at radius 3 is 2.37 bits per heavy atom. The fourth-order valence-electron chi connectivity index (χ4n) is 2.74. The van der Waals surface area contributed by atoms with E-state index in [0.29, 0.717) is 16.3 Å². The van der Waals surface area contributed by atoms with Crippen molar-refractivity contribution in [3.8, 4) is 0 Å². The smallest absolute Gasteiger partial charge is 0.341 e. The van der Waals surface area contributed by atoms with E-state index in [4.69, 9.17) is 27.9 Å². The maximum Gasteiger partial charge on any atom is 0.341 e. The van der Waals surface area contributed by atoms with Gasteiger partial charge in [0.15, 0.2) is 0 Å². The minimum Gasteiger partial charge on any atom is -0.465 e. The number of amides is 2. The van der Waals surface area contributed by atoms with Crippen molar-refractivity contribution >= 4 is 63.0 Å². The van der Waals surface area contributed by atoms with Crippen LogP contribution >= 0.6 is 34.5 Å².